The molecule has 0 atom stereocenters. The van der Waals surface area contributed by atoms with Crippen LogP contribution >= 0.6 is 27.3 Å². The lowest BCUT2D eigenvalue weighted by molar-refractivity contribution is 0.652. The summed E-state index contributed by atoms with van der Waals surface area (Å²) in [7, 11) is 0. The molecule has 0 saturated carbocycles. The molecule has 2 rings (SSSR count). The van der Waals surface area contributed by atoms with E-state index in [9.17, 15) is 4.39 Å². The van der Waals surface area contributed by atoms with Crippen molar-refractivity contribution in [3.8, 4) is 0 Å². The molecule has 0 amide bonds. The molecule has 0 aliphatic carbocycles. The minimum absolute atomic E-state index is 0.147. The van der Waals surface area contributed by atoms with E-state index in [1.807, 2.05) is 24.3 Å². The number of hydrogen-bond acceptors (Lipinski definition) is 1. The molecule has 2 aromatic rings. The van der Waals surface area contributed by atoms with Crippen molar-refractivity contribution in [1.29, 1.82) is 0 Å². The van der Waals surface area contributed by atoms with Crippen LogP contribution in [0.1, 0.15) is 0 Å². The van der Waals surface area contributed by atoms with Crippen molar-refractivity contribution in [3.63, 3.8) is 0 Å². The first-order valence-corrected chi connectivity index (χ1v) is 4.72. The molecule has 0 bridgehead atoms. The van der Waals surface area contributed by atoms with Gasteiger partial charge in [0.05, 0.1) is 4.47 Å². The van der Waals surface area contributed by atoms with Crippen LogP contribution in [0.5, 0.6) is 0 Å². The molecule has 1 aromatic carbocycles. The highest BCUT2D eigenvalue weighted by molar-refractivity contribution is 9.10. The van der Waals surface area contributed by atoms with E-state index in [4.69, 9.17) is 0 Å². The molecule has 0 nitrogen and oxygen atoms in total. The summed E-state index contributed by atoms with van der Waals surface area (Å²) in [5.74, 6) is 0. The number of rotatable bonds is 0. The molecule has 0 unspecified atom stereocenters. The highest BCUT2D eigenvalue weighted by Crippen LogP contribution is 2.33. The Morgan fingerprint density at radius 2 is 2.00 bits per heavy atom. The second kappa shape index (κ2) is 2.57. The van der Waals surface area contributed by atoms with E-state index in [1.165, 1.54) is 11.3 Å². The molecule has 3 heteroatoms. The van der Waals surface area contributed by atoms with Gasteiger partial charge < -0.3 is 0 Å². The summed E-state index contributed by atoms with van der Waals surface area (Å²) >= 11 is 4.35. The smallest absolute Gasteiger partial charge is 0.191 e. The molecule has 0 aliphatic heterocycles. The number of hydrogen-bond donors (Lipinski definition) is 0. The summed E-state index contributed by atoms with van der Waals surface area (Å²) in [6, 6.07) is 7.62. The highest BCUT2D eigenvalue weighted by atomic mass is 79.9. The number of thiophene rings is 1. The van der Waals surface area contributed by atoms with Gasteiger partial charge in [0.2, 0.25) is 0 Å². The maximum absolute atomic E-state index is 12.9. The van der Waals surface area contributed by atoms with Gasteiger partial charge in [0, 0.05) is 10.1 Å². The first-order chi connectivity index (χ1) is 5.29. The number of fused-ring (bicyclic) bond motifs is 1. The molecule has 1 heterocycles. The van der Waals surface area contributed by atoms with Crippen molar-refractivity contribution in [2.75, 3.05) is 0 Å². The van der Waals surface area contributed by atoms with Crippen LogP contribution in [0.25, 0.3) is 10.1 Å². The Labute approximate surface area is 75.8 Å². The van der Waals surface area contributed by atoms with Gasteiger partial charge in [0.25, 0.3) is 0 Å². The Kier molecular flexibility index (Phi) is 1.69. The largest absolute Gasteiger partial charge is 0.194 e. The number of benzene rings is 1. The summed E-state index contributed by atoms with van der Waals surface area (Å²) in [5.41, 5.74) is 0. The summed E-state index contributed by atoms with van der Waals surface area (Å²) in [6.45, 7) is 0. The minimum atomic E-state index is -0.147. The predicted molar refractivity (Wildman–Crippen MR) is 49.5 cm³/mol. The van der Waals surface area contributed by atoms with E-state index in [2.05, 4.69) is 15.9 Å². The normalized spacial score (nSPS) is 10.7. The zero-order valence-corrected chi connectivity index (χ0v) is 7.88. The van der Waals surface area contributed by atoms with Gasteiger partial charge in [-0.25, -0.2) is 0 Å². The maximum Gasteiger partial charge on any atom is 0.191 e. The molecule has 0 aliphatic rings. The van der Waals surface area contributed by atoms with Crippen LogP contribution in [0, 0.1) is 5.13 Å². The molecule has 0 radical (unpaired) electrons. The van der Waals surface area contributed by atoms with E-state index in [0.717, 1.165) is 10.1 Å². The topological polar surface area (TPSA) is 0 Å². The predicted octanol–water partition coefficient (Wildman–Crippen LogP) is 3.80. The summed E-state index contributed by atoms with van der Waals surface area (Å²) < 4.78 is 14.5. The average molecular weight is 231 g/mol. The van der Waals surface area contributed by atoms with Crippen LogP contribution in [-0.2, 0) is 0 Å². The lowest BCUT2D eigenvalue weighted by Crippen LogP contribution is -1.62. The third kappa shape index (κ3) is 1.08. The van der Waals surface area contributed by atoms with Crippen molar-refractivity contribution < 1.29 is 4.39 Å². The van der Waals surface area contributed by atoms with Crippen molar-refractivity contribution in [2.24, 2.45) is 0 Å². The minimum Gasteiger partial charge on any atom is -0.194 e. The van der Waals surface area contributed by atoms with Gasteiger partial charge in [-0.15, -0.1) is 11.3 Å². The van der Waals surface area contributed by atoms with E-state index >= 15 is 0 Å². The van der Waals surface area contributed by atoms with Crippen LogP contribution in [0.3, 0.4) is 0 Å². The molecule has 56 valence electrons. The molecular formula is C8H4BrFS. The van der Waals surface area contributed by atoms with Gasteiger partial charge in [-0.3, -0.25) is 0 Å². The van der Waals surface area contributed by atoms with Crippen LogP contribution in [0.15, 0.2) is 28.7 Å². The Morgan fingerprint density at radius 3 is 2.73 bits per heavy atom. The number of halogens is 2. The highest BCUT2D eigenvalue weighted by Gasteiger charge is 2.06. The first kappa shape index (κ1) is 7.25. The van der Waals surface area contributed by atoms with Gasteiger partial charge in [-0.05, 0) is 22.0 Å². The molecule has 11 heavy (non-hydrogen) atoms. The first-order valence-electron chi connectivity index (χ1n) is 3.11. The van der Waals surface area contributed by atoms with Gasteiger partial charge in [0.1, 0.15) is 0 Å². The van der Waals surface area contributed by atoms with Crippen LogP contribution in [-0.4, -0.2) is 0 Å². The standard InChI is InChI=1S/C8H4BrFS/c9-7-5-3-1-2-4-6(5)11-8(7)10/h1-4H. The van der Waals surface area contributed by atoms with Gasteiger partial charge >= 0.3 is 0 Å². The van der Waals surface area contributed by atoms with E-state index in [0.29, 0.717) is 4.47 Å². The Morgan fingerprint density at radius 1 is 1.27 bits per heavy atom. The average Bonchev–Trinajstić information content (AvgIpc) is 2.30. The van der Waals surface area contributed by atoms with Crippen LogP contribution < -0.4 is 0 Å². The summed E-state index contributed by atoms with van der Waals surface area (Å²) in [6.07, 6.45) is 0. The fraction of sp³-hybridized carbons (Fsp3) is 0. The molecule has 1 aromatic heterocycles. The fourth-order valence-corrected chi connectivity index (χ4v) is 2.52. The molecular weight excluding hydrogens is 227 g/mol. The second-order valence-electron chi connectivity index (χ2n) is 2.19. The van der Waals surface area contributed by atoms with E-state index in [1.54, 1.807) is 0 Å². The third-order valence-corrected chi connectivity index (χ3v) is 3.49. The summed E-state index contributed by atoms with van der Waals surface area (Å²) in [4.78, 5) is 0. The van der Waals surface area contributed by atoms with Crippen molar-refractivity contribution in [1.82, 2.24) is 0 Å². The molecule has 0 saturated heterocycles. The van der Waals surface area contributed by atoms with Gasteiger partial charge in [-0.1, -0.05) is 18.2 Å². The Balaban J connectivity index is 2.92. The lowest BCUT2D eigenvalue weighted by Gasteiger charge is -1.85. The van der Waals surface area contributed by atoms with E-state index < -0.39 is 0 Å². The van der Waals surface area contributed by atoms with Crippen LogP contribution in [0.4, 0.5) is 4.39 Å². The van der Waals surface area contributed by atoms with Crippen molar-refractivity contribution in [2.45, 2.75) is 0 Å². The second-order valence-corrected chi connectivity index (χ2v) is 3.98. The summed E-state index contributed by atoms with van der Waals surface area (Å²) in [5, 5.41) is 0.807. The Bertz CT molecular complexity index is 394. The Hall–Kier alpha value is -0.410. The fourth-order valence-electron chi connectivity index (χ4n) is 0.984. The third-order valence-electron chi connectivity index (χ3n) is 1.50. The van der Waals surface area contributed by atoms with Crippen LogP contribution in [0.2, 0.25) is 0 Å². The molecule has 0 spiro atoms. The zero-order valence-electron chi connectivity index (χ0n) is 5.47. The van der Waals surface area contributed by atoms with Crippen molar-refractivity contribution in [3.05, 3.63) is 33.9 Å². The molecule has 0 N–H and O–H groups in total. The maximum atomic E-state index is 12.9. The monoisotopic (exact) mass is 230 g/mol. The quantitative estimate of drug-likeness (QED) is 0.646. The zero-order chi connectivity index (χ0) is 7.84. The SMILES string of the molecule is Fc1sc2ccccc2c1Br. The molecule has 0 fully saturated rings. The van der Waals surface area contributed by atoms with Crippen molar-refractivity contribution >= 4 is 37.4 Å². The van der Waals surface area contributed by atoms with Gasteiger partial charge in [0.15, 0.2) is 5.13 Å². The van der Waals surface area contributed by atoms with Gasteiger partial charge in [-0.2, -0.15) is 4.39 Å². The van der Waals surface area contributed by atoms with E-state index in [-0.39, 0.29) is 5.13 Å². The lowest BCUT2D eigenvalue weighted by atomic mass is 10.3.